The number of piperazine rings is 1. The summed E-state index contributed by atoms with van der Waals surface area (Å²) in [5.74, 6) is 0.525. The number of rotatable bonds is 11. The lowest BCUT2D eigenvalue weighted by molar-refractivity contribution is -0.139. The summed E-state index contributed by atoms with van der Waals surface area (Å²) >= 11 is 5.85. The highest BCUT2D eigenvalue weighted by Gasteiger charge is 2.39. The molecule has 0 saturated carbocycles. The molecule has 11 nitrogen and oxygen atoms in total. The molecule has 0 aliphatic carbocycles. The van der Waals surface area contributed by atoms with E-state index in [-0.39, 0.29) is 31.7 Å². The number of nitrogens with one attached hydrogen (secondary N) is 1. The zero-order chi connectivity index (χ0) is 30.5. The molecule has 2 aromatic heterocycles. The van der Waals surface area contributed by atoms with Gasteiger partial charge < -0.3 is 24.6 Å². The monoisotopic (exact) mass is 631 g/mol. The second-order valence-corrected chi connectivity index (χ2v) is 17.8. The number of carbonyl (C=O) groups excluding carboxylic acids is 1. The first-order chi connectivity index (χ1) is 19.8. The van der Waals surface area contributed by atoms with Gasteiger partial charge in [-0.1, -0.05) is 31.2 Å². The SMILES string of the molecule is C[Si](C)(C)CCOCn1ncc(NCC2CCC(CC(=O)N3CCN(c4ncc(Cl)cn4)CC3)O2)c(C(F)(F)F)c1=O. The van der Waals surface area contributed by atoms with Crippen LogP contribution >= 0.6 is 11.6 Å². The lowest BCUT2D eigenvalue weighted by Crippen LogP contribution is -2.49. The van der Waals surface area contributed by atoms with Gasteiger partial charge in [-0.15, -0.1) is 0 Å². The van der Waals surface area contributed by atoms with E-state index in [0.29, 0.717) is 61.3 Å². The topological polar surface area (TPSA) is 115 Å². The summed E-state index contributed by atoms with van der Waals surface area (Å²) in [5.41, 5.74) is -2.99. The van der Waals surface area contributed by atoms with Crippen molar-refractivity contribution >= 4 is 37.2 Å². The summed E-state index contributed by atoms with van der Waals surface area (Å²) in [6, 6.07) is 0.817. The first-order valence-corrected chi connectivity index (χ1v) is 18.0. The second-order valence-electron chi connectivity index (χ2n) is 11.7. The maximum atomic E-state index is 13.8. The summed E-state index contributed by atoms with van der Waals surface area (Å²) in [6.07, 6.45) is -0.181. The van der Waals surface area contributed by atoms with Crippen LogP contribution in [0.1, 0.15) is 24.8 Å². The fourth-order valence-corrected chi connectivity index (χ4v) is 5.62. The van der Waals surface area contributed by atoms with Crippen LogP contribution in [0.25, 0.3) is 0 Å². The van der Waals surface area contributed by atoms with Gasteiger partial charge in [0.25, 0.3) is 5.56 Å². The number of aromatic nitrogens is 4. The average molecular weight is 632 g/mol. The molecule has 2 atom stereocenters. The maximum absolute atomic E-state index is 13.8. The van der Waals surface area contributed by atoms with Gasteiger partial charge in [-0.2, -0.15) is 18.3 Å². The summed E-state index contributed by atoms with van der Waals surface area (Å²) in [5, 5.41) is 7.04. The van der Waals surface area contributed by atoms with Crippen molar-refractivity contribution in [3.05, 3.63) is 39.5 Å². The van der Waals surface area contributed by atoms with Gasteiger partial charge in [-0.25, -0.2) is 14.6 Å². The molecular weight excluding hydrogens is 595 g/mol. The molecule has 232 valence electrons. The number of ether oxygens (including phenoxy) is 2. The highest BCUT2D eigenvalue weighted by molar-refractivity contribution is 6.76. The quantitative estimate of drug-likeness (QED) is 0.293. The lowest BCUT2D eigenvalue weighted by Gasteiger charge is -2.35. The van der Waals surface area contributed by atoms with Crippen LogP contribution in [0, 0.1) is 0 Å². The van der Waals surface area contributed by atoms with Gasteiger partial charge in [0.1, 0.15) is 12.3 Å². The number of hydrogen-bond donors (Lipinski definition) is 1. The molecule has 16 heteroatoms. The van der Waals surface area contributed by atoms with E-state index in [4.69, 9.17) is 21.1 Å². The van der Waals surface area contributed by atoms with Gasteiger partial charge in [-0.3, -0.25) is 9.59 Å². The molecule has 42 heavy (non-hydrogen) atoms. The zero-order valence-electron chi connectivity index (χ0n) is 24.0. The zero-order valence-corrected chi connectivity index (χ0v) is 25.7. The van der Waals surface area contributed by atoms with Crippen LogP contribution in [0.15, 0.2) is 23.4 Å². The molecule has 4 rings (SSSR count). The molecule has 0 radical (unpaired) electrons. The second kappa shape index (κ2) is 13.7. The Balaban J connectivity index is 1.25. The van der Waals surface area contributed by atoms with E-state index in [1.807, 2.05) is 4.90 Å². The fourth-order valence-electron chi connectivity index (χ4n) is 4.77. The molecule has 2 aromatic rings. The minimum atomic E-state index is -4.88. The third-order valence-electron chi connectivity index (χ3n) is 7.18. The Hall–Kier alpha value is -2.75. The average Bonchev–Trinajstić information content (AvgIpc) is 3.37. The molecule has 2 unspecified atom stereocenters. The van der Waals surface area contributed by atoms with E-state index >= 15 is 0 Å². The van der Waals surface area contributed by atoms with Crippen molar-refractivity contribution in [1.82, 2.24) is 24.6 Å². The Morgan fingerprint density at radius 1 is 1.12 bits per heavy atom. The standard InChI is InChI=1S/C26H37ClF3N7O4Si/c1-42(2,3)11-10-40-17-37-24(39)23(26(28,29)30)21(16-34-37)31-15-20-5-4-19(41-20)12-22(38)35-6-8-36(9-7-35)25-32-13-18(27)14-33-25/h13-14,16,19-20,31H,4-12,15,17H2,1-3H3. The minimum Gasteiger partial charge on any atom is -0.380 e. The number of carbonyl (C=O) groups is 1. The molecule has 2 fully saturated rings. The van der Waals surface area contributed by atoms with Gasteiger partial charge in [0, 0.05) is 47.4 Å². The van der Waals surface area contributed by atoms with E-state index in [2.05, 4.69) is 40.0 Å². The number of halogens is 4. The normalized spacial score (nSPS) is 19.8. The molecule has 2 saturated heterocycles. The number of alkyl halides is 3. The van der Waals surface area contributed by atoms with Crippen LogP contribution in [0.3, 0.4) is 0 Å². The predicted molar refractivity (Wildman–Crippen MR) is 154 cm³/mol. The smallest absolute Gasteiger partial charge is 0.380 e. The van der Waals surface area contributed by atoms with Crippen molar-refractivity contribution < 1.29 is 27.4 Å². The van der Waals surface area contributed by atoms with Gasteiger partial charge in [0.15, 0.2) is 0 Å². The highest BCUT2D eigenvalue weighted by atomic mass is 35.5. The van der Waals surface area contributed by atoms with Crippen LogP contribution < -0.4 is 15.8 Å². The minimum absolute atomic E-state index is 0.0375. The van der Waals surface area contributed by atoms with Crippen LogP contribution in [0.5, 0.6) is 0 Å². The van der Waals surface area contributed by atoms with E-state index in [9.17, 15) is 22.8 Å². The Labute approximate surface area is 248 Å². The largest absolute Gasteiger partial charge is 0.423 e. The van der Waals surface area contributed by atoms with Crippen molar-refractivity contribution in [2.24, 2.45) is 0 Å². The summed E-state index contributed by atoms with van der Waals surface area (Å²) in [6.45, 7) is 8.72. The van der Waals surface area contributed by atoms with Crippen LogP contribution in [0.2, 0.25) is 30.7 Å². The third kappa shape index (κ3) is 8.88. The number of nitrogens with zero attached hydrogens (tertiary/aromatic N) is 6. The molecule has 1 amide bonds. The summed E-state index contributed by atoms with van der Waals surface area (Å²) < 4.78 is 53.6. The Kier molecular flexibility index (Phi) is 10.5. The first-order valence-electron chi connectivity index (χ1n) is 13.9. The van der Waals surface area contributed by atoms with Crippen molar-refractivity contribution in [2.75, 3.05) is 49.5 Å². The van der Waals surface area contributed by atoms with Crippen molar-refractivity contribution in [1.29, 1.82) is 0 Å². The highest BCUT2D eigenvalue weighted by Crippen LogP contribution is 2.32. The molecule has 4 heterocycles. The van der Waals surface area contributed by atoms with Crippen molar-refractivity contribution in [2.45, 2.75) is 70.1 Å². The fraction of sp³-hybridized carbons (Fsp3) is 0.654. The van der Waals surface area contributed by atoms with E-state index < -0.39 is 37.2 Å². The summed E-state index contributed by atoms with van der Waals surface area (Å²) in [4.78, 5) is 37.7. The van der Waals surface area contributed by atoms with Gasteiger partial charge >= 0.3 is 6.18 Å². The van der Waals surface area contributed by atoms with Crippen molar-refractivity contribution in [3.63, 3.8) is 0 Å². The number of anilines is 2. The van der Waals surface area contributed by atoms with Gasteiger partial charge in [0.2, 0.25) is 11.9 Å². The molecular formula is C26H37ClF3N7O4Si. The van der Waals surface area contributed by atoms with E-state index in [1.54, 1.807) is 4.90 Å². The Morgan fingerprint density at radius 2 is 1.79 bits per heavy atom. The molecule has 0 aromatic carbocycles. The lowest BCUT2D eigenvalue weighted by atomic mass is 10.1. The molecule has 1 N–H and O–H groups in total. The van der Waals surface area contributed by atoms with Gasteiger partial charge in [-0.05, 0) is 18.9 Å². The number of hydrogen-bond acceptors (Lipinski definition) is 9. The maximum Gasteiger partial charge on any atom is 0.423 e. The Morgan fingerprint density at radius 3 is 2.43 bits per heavy atom. The van der Waals surface area contributed by atoms with E-state index in [0.717, 1.165) is 12.2 Å². The van der Waals surface area contributed by atoms with Crippen LogP contribution in [-0.4, -0.2) is 90.2 Å². The number of amides is 1. The Bertz CT molecular complexity index is 1270. The van der Waals surface area contributed by atoms with E-state index in [1.165, 1.54) is 12.4 Å². The molecule has 2 aliphatic heterocycles. The van der Waals surface area contributed by atoms with Crippen molar-refractivity contribution in [3.8, 4) is 0 Å². The predicted octanol–water partition coefficient (Wildman–Crippen LogP) is 3.72. The van der Waals surface area contributed by atoms with Crippen LogP contribution in [0.4, 0.5) is 24.8 Å². The summed E-state index contributed by atoms with van der Waals surface area (Å²) in [7, 11) is -1.39. The van der Waals surface area contributed by atoms with Crippen LogP contribution in [-0.2, 0) is 27.2 Å². The molecule has 2 aliphatic rings. The third-order valence-corrected chi connectivity index (χ3v) is 9.08. The molecule has 0 bridgehead atoms. The first kappa shape index (κ1) is 32.2. The van der Waals surface area contributed by atoms with Gasteiger partial charge in [0.05, 0.1) is 47.9 Å². The molecule has 0 spiro atoms.